The van der Waals surface area contributed by atoms with Crippen molar-refractivity contribution in [3.05, 3.63) is 0 Å². The van der Waals surface area contributed by atoms with Gasteiger partial charge in [-0.25, -0.2) is 0 Å². The van der Waals surface area contributed by atoms with Gasteiger partial charge in [0.25, 0.3) is 0 Å². The maximum atomic E-state index is 11.5. The molecule has 0 unspecified atom stereocenters. The maximum absolute atomic E-state index is 11.5. The molecule has 0 aromatic carbocycles. The van der Waals surface area contributed by atoms with E-state index in [9.17, 15) is 9.59 Å². The van der Waals surface area contributed by atoms with Crippen LogP contribution in [0.25, 0.3) is 0 Å². The minimum absolute atomic E-state index is 0.00347. The van der Waals surface area contributed by atoms with Gasteiger partial charge in [0.1, 0.15) is 0 Å². The lowest BCUT2D eigenvalue weighted by Crippen LogP contribution is -2.39. The summed E-state index contributed by atoms with van der Waals surface area (Å²) in [6.45, 7) is 0.622. The molecule has 0 aliphatic heterocycles. The van der Waals surface area contributed by atoms with Crippen LogP contribution in [0.1, 0.15) is 19.3 Å². The number of rotatable bonds is 6. The minimum atomic E-state index is -0.854. The normalized spacial score (nSPS) is 15.2. The standard InChI is InChI=1S/C9H16N2O3/c1-10-6-8(12)11(7-2-3-7)5-4-9(13)14/h7,10H,2-6H2,1H3,(H,13,14). The van der Waals surface area contributed by atoms with Crippen LogP contribution in [0.5, 0.6) is 0 Å². The first-order valence-corrected chi connectivity index (χ1v) is 4.81. The third-order valence-corrected chi connectivity index (χ3v) is 2.20. The smallest absolute Gasteiger partial charge is 0.305 e. The van der Waals surface area contributed by atoms with Crippen LogP contribution in [-0.2, 0) is 9.59 Å². The fraction of sp³-hybridized carbons (Fsp3) is 0.778. The first-order chi connectivity index (χ1) is 6.65. The molecule has 0 radical (unpaired) electrons. The van der Waals surface area contributed by atoms with Crippen LogP contribution in [0, 0.1) is 0 Å². The molecule has 2 N–H and O–H groups in total. The molecule has 0 aromatic heterocycles. The number of carboxylic acid groups (broad SMARTS) is 1. The van der Waals surface area contributed by atoms with Gasteiger partial charge in [0.15, 0.2) is 0 Å². The van der Waals surface area contributed by atoms with Gasteiger partial charge in [-0.3, -0.25) is 9.59 Å². The van der Waals surface area contributed by atoms with Gasteiger partial charge < -0.3 is 15.3 Å². The molecule has 80 valence electrons. The van der Waals surface area contributed by atoms with Crippen molar-refractivity contribution in [2.24, 2.45) is 0 Å². The molecule has 0 saturated heterocycles. The zero-order valence-electron chi connectivity index (χ0n) is 8.32. The highest BCUT2D eigenvalue weighted by Crippen LogP contribution is 2.26. The average Bonchev–Trinajstić information content (AvgIpc) is 2.88. The van der Waals surface area contributed by atoms with Gasteiger partial charge >= 0.3 is 5.97 Å². The van der Waals surface area contributed by atoms with Crippen molar-refractivity contribution in [2.75, 3.05) is 20.1 Å². The molecule has 14 heavy (non-hydrogen) atoms. The van der Waals surface area contributed by atoms with Crippen LogP contribution >= 0.6 is 0 Å². The fourth-order valence-electron chi connectivity index (χ4n) is 1.37. The Hall–Kier alpha value is -1.10. The highest BCUT2D eigenvalue weighted by atomic mass is 16.4. The van der Waals surface area contributed by atoms with Gasteiger partial charge in [0, 0.05) is 12.6 Å². The molecule has 0 aromatic rings. The van der Waals surface area contributed by atoms with Crippen molar-refractivity contribution >= 4 is 11.9 Å². The summed E-state index contributed by atoms with van der Waals surface area (Å²) in [5.74, 6) is -0.857. The fourth-order valence-corrected chi connectivity index (χ4v) is 1.37. The van der Waals surface area contributed by atoms with Crippen LogP contribution in [-0.4, -0.2) is 48.1 Å². The van der Waals surface area contributed by atoms with Crippen LogP contribution < -0.4 is 5.32 Å². The Kier molecular flexibility index (Phi) is 3.88. The number of carbonyl (C=O) groups excluding carboxylic acids is 1. The third kappa shape index (κ3) is 3.33. The molecule has 1 rings (SSSR count). The molecule has 1 aliphatic carbocycles. The highest BCUT2D eigenvalue weighted by molar-refractivity contribution is 5.79. The average molecular weight is 200 g/mol. The van der Waals surface area contributed by atoms with Crippen LogP contribution in [0.3, 0.4) is 0 Å². The van der Waals surface area contributed by atoms with Crippen LogP contribution in [0.2, 0.25) is 0 Å². The predicted octanol–water partition coefficient (Wildman–Crippen LogP) is -0.328. The number of nitrogens with one attached hydrogen (secondary N) is 1. The summed E-state index contributed by atoms with van der Waals surface area (Å²) in [5, 5.41) is 11.3. The van der Waals surface area contributed by atoms with E-state index in [1.807, 2.05) is 0 Å². The van der Waals surface area contributed by atoms with E-state index < -0.39 is 5.97 Å². The Bertz CT molecular complexity index is 226. The van der Waals surface area contributed by atoms with Crippen molar-refractivity contribution in [2.45, 2.75) is 25.3 Å². The Morgan fingerprint density at radius 1 is 1.50 bits per heavy atom. The SMILES string of the molecule is CNCC(=O)N(CCC(=O)O)C1CC1. The van der Waals surface area contributed by atoms with Crippen molar-refractivity contribution < 1.29 is 14.7 Å². The van der Waals surface area contributed by atoms with Gasteiger partial charge in [0.2, 0.25) is 5.91 Å². The monoisotopic (exact) mass is 200 g/mol. The number of likely N-dealkylation sites (N-methyl/N-ethyl adjacent to an activating group) is 1. The summed E-state index contributed by atoms with van der Waals surface area (Å²) in [5.41, 5.74) is 0. The van der Waals surface area contributed by atoms with Crippen LogP contribution in [0.4, 0.5) is 0 Å². The summed E-state index contributed by atoms with van der Waals surface area (Å²) in [6, 6.07) is 0.287. The molecule has 1 fully saturated rings. The number of nitrogens with zero attached hydrogens (tertiary/aromatic N) is 1. The van der Waals surface area contributed by atoms with Gasteiger partial charge in [-0.15, -0.1) is 0 Å². The van der Waals surface area contributed by atoms with Crippen molar-refractivity contribution in [1.82, 2.24) is 10.2 Å². The molecule has 1 saturated carbocycles. The van der Waals surface area contributed by atoms with E-state index in [1.165, 1.54) is 0 Å². The van der Waals surface area contributed by atoms with Crippen molar-refractivity contribution in [3.8, 4) is 0 Å². The summed E-state index contributed by atoms with van der Waals surface area (Å²) in [7, 11) is 1.71. The summed E-state index contributed by atoms with van der Waals surface area (Å²) >= 11 is 0. The largest absolute Gasteiger partial charge is 0.481 e. The maximum Gasteiger partial charge on any atom is 0.305 e. The number of hydrogen-bond acceptors (Lipinski definition) is 3. The Morgan fingerprint density at radius 3 is 2.57 bits per heavy atom. The molecule has 1 aliphatic rings. The molecule has 5 heteroatoms. The number of amides is 1. The van der Waals surface area contributed by atoms with Gasteiger partial charge in [-0.1, -0.05) is 0 Å². The van der Waals surface area contributed by atoms with E-state index in [0.29, 0.717) is 6.54 Å². The number of aliphatic carboxylic acids is 1. The molecule has 5 nitrogen and oxygen atoms in total. The lowest BCUT2D eigenvalue weighted by Gasteiger charge is -2.21. The van der Waals surface area contributed by atoms with E-state index in [4.69, 9.17) is 5.11 Å². The molecule has 0 bridgehead atoms. The number of carbonyl (C=O) groups is 2. The van der Waals surface area contributed by atoms with Gasteiger partial charge in [0.05, 0.1) is 13.0 Å². The van der Waals surface area contributed by atoms with E-state index in [2.05, 4.69) is 5.32 Å². The van der Waals surface area contributed by atoms with E-state index in [0.717, 1.165) is 12.8 Å². The van der Waals surface area contributed by atoms with Crippen LogP contribution in [0.15, 0.2) is 0 Å². The lowest BCUT2D eigenvalue weighted by molar-refractivity contribution is -0.138. The highest BCUT2D eigenvalue weighted by Gasteiger charge is 2.31. The molecule has 0 atom stereocenters. The second kappa shape index (κ2) is 4.95. The molecule has 1 amide bonds. The molecular formula is C9H16N2O3. The quantitative estimate of drug-likeness (QED) is 0.616. The van der Waals surface area contributed by atoms with E-state index in [-0.39, 0.29) is 24.9 Å². The summed E-state index contributed by atoms with van der Waals surface area (Å²) < 4.78 is 0. The minimum Gasteiger partial charge on any atom is -0.481 e. The van der Waals surface area contributed by atoms with Gasteiger partial charge in [-0.2, -0.15) is 0 Å². The van der Waals surface area contributed by atoms with Crippen molar-refractivity contribution in [3.63, 3.8) is 0 Å². The Labute approximate surface area is 83.1 Å². The predicted molar refractivity (Wildman–Crippen MR) is 50.9 cm³/mol. The first kappa shape index (κ1) is 11.0. The number of hydrogen-bond donors (Lipinski definition) is 2. The second-order valence-corrected chi connectivity index (χ2v) is 3.49. The third-order valence-electron chi connectivity index (χ3n) is 2.20. The topological polar surface area (TPSA) is 69.6 Å². The number of carboxylic acids is 1. The first-order valence-electron chi connectivity index (χ1n) is 4.81. The second-order valence-electron chi connectivity index (χ2n) is 3.49. The molecular weight excluding hydrogens is 184 g/mol. The van der Waals surface area contributed by atoms with Gasteiger partial charge in [-0.05, 0) is 19.9 Å². The Morgan fingerprint density at radius 2 is 2.14 bits per heavy atom. The Balaban J connectivity index is 2.38. The molecule has 0 spiro atoms. The summed E-state index contributed by atoms with van der Waals surface area (Å²) in [6.07, 6.45) is 2.05. The molecule has 0 heterocycles. The van der Waals surface area contributed by atoms with E-state index in [1.54, 1.807) is 11.9 Å². The van der Waals surface area contributed by atoms with Crippen molar-refractivity contribution in [1.29, 1.82) is 0 Å². The lowest BCUT2D eigenvalue weighted by atomic mass is 10.3. The zero-order valence-corrected chi connectivity index (χ0v) is 8.32. The zero-order chi connectivity index (χ0) is 10.6. The summed E-state index contributed by atoms with van der Waals surface area (Å²) in [4.78, 5) is 23.6. The van der Waals surface area contributed by atoms with E-state index >= 15 is 0 Å².